The molecule has 3 N–H and O–H groups in total. The number of nitrogens with zero attached hydrogens (tertiary/aromatic N) is 1. The summed E-state index contributed by atoms with van der Waals surface area (Å²) in [7, 11) is 1.42. The summed E-state index contributed by atoms with van der Waals surface area (Å²) in [5.41, 5.74) is 3.94. The van der Waals surface area contributed by atoms with Crippen LogP contribution in [-0.2, 0) is 0 Å². The van der Waals surface area contributed by atoms with E-state index in [0.29, 0.717) is 47.5 Å². The van der Waals surface area contributed by atoms with Gasteiger partial charge in [0.1, 0.15) is 5.75 Å². The van der Waals surface area contributed by atoms with Gasteiger partial charge in [0.25, 0.3) is 5.91 Å². The summed E-state index contributed by atoms with van der Waals surface area (Å²) < 4.78 is 25.8. The number of para-hydroxylation sites is 1. The van der Waals surface area contributed by atoms with Crippen LogP contribution < -0.4 is 20.1 Å². The van der Waals surface area contributed by atoms with Gasteiger partial charge in [-0.15, -0.1) is 0 Å². The van der Waals surface area contributed by atoms with Crippen LogP contribution in [-0.4, -0.2) is 36.1 Å². The Morgan fingerprint density at radius 2 is 2.12 bits per heavy atom. The Morgan fingerprint density at radius 1 is 1.24 bits per heavy atom. The number of methoxy groups -OCH3 is 1. The SMILES string of the molecule is COc1c(F)cccc1Nc1c2[nH]c3c1C(=O)NCC3CCC(C)CCOc1cnccc1-2. The van der Waals surface area contributed by atoms with Crippen molar-refractivity contribution in [2.75, 3.05) is 25.6 Å². The lowest BCUT2D eigenvalue weighted by Gasteiger charge is -2.25. The van der Waals surface area contributed by atoms with E-state index in [-0.39, 0.29) is 17.6 Å². The largest absolute Gasteiger partial charge is 0.492 e. The van der Waals surface area contributed by atoms with E-state index in [1.54, 1.807) is 24.5 Å². The third-order valence-corrected chi connectivity index (χ3v) is 6.53. The molecule has 2 bridgehead atoms. The predicted molar refractivity (Wildman–Crippen MR) is 124 cm³/mol. The number of fused-ring (bicyclic) bond motifs is 3. The molecule has 1 amide bonds. The van der Waals surface area contributed by atoms with Crippen LogP contribution in [0.1, 0.15) is 48.2 Å². The third-order valence-electron chi connectivity index (χ3n) is 6.53. The quantitative estimate of drug-likeness (QED) is 0.523. The molecule has 4 heterocycles. The van der Waals surface area contributed by atoms with Gasteiger partial charge in [-0.1, -0.05) is 13.0 Å². The zero-order chi connectivity index (χ0) is 22.9. The van der Waals surface area contributed by atoms with Crippen molar-refractivity contribution in [1.82, 2.24) is 15.3 Å². The number of aromatic nitrogens is 2. The van der Waals surface area contributed by atoms with E-state index in [9.17, 15) is 9.18 Å². The Hall–Kier alpha value is -3.55. The van der Waals surface area contributed by atoms with Gasteiger partial charge < -0.3 is 25.1 Å². The number of H-pyrrole nitrogens is 1. The van der Waals surface area contributed by atoms with E-state index < -0.39 is 5.82 Å². The number of ether oxygens (including phenoxy) is 2. The van der Waals surface area contributed by atoms with Crippen molar-refractivity contribution in [2.45, 2.75) is 32.1 Å². The molecule has 33 heavy (non-hydrogen) atoms. The maximum absolute atomic E-state index is 14.4. The van der Waals surface area contributed by atoms with Crippen LogP contribution in [0.25, 0.3) is 11.3 Å². The molecule has 0 radical (unpaired) electrons. The zero-order valence-electron chi connectivity index (χ0n) is 18.7. The van der Waals surface area contributed by atoms with Crippen molar-refractivity contribution >= 4 is 17.3 Å². The molecule has 0 saturated heterocycles. The first-order valence-corrected chi connectivity index (χ1v) is 11.3. The molecule has 2 aliphatic rings. The molecule has 0 spiro atoms. The summed E-state index contributed by atoms with van der Waals surface area (Å²) in [6.45, 7) is 3.40. The van der Waals surface area contributed by atoms with E-state index in [2.05, 4.69) is 27.5 Å². The molecule has 0 saturated carbocycles. The number of nitrogens with one attached hydrogen (secondary N) is 3. The van der Waals surface area contributed by atoms with Gasteiger partial charge in [0, 0.05) is 29.9 Å². The second-order valence-electron chi connectivity index (χ2n) is 8.71. The fourth-order valence-corrected chi connectivity index (χ4v) is 4.69. The van der Waals surface area contributed by atoms with Crippen molar-refractivity contribution in [3.05, 3.63) is 53.7 Å². The van der Waals surface area contributed by atoms with Crippen molar-refractivity contribution < 1.29 is 18.7 Å². The highest BCUT2D eigenvalue weighted by Gasteiger charge is 2.34. The van der Waals surface area contributed by atoms with Crippen molar-refractivity contribution in [1.29, 1.82) is 0 Å². The second-order valence-corrected chi connectivity index (χ2v) is 8.71. The normalized spacial score (nSPS) is 19.9. The monoisotopic (exact) mass is 450 g/mol. The summed E-state index contributed by atoms with van der Waals surface area (Å²) in [5, 5.41) is 6.34. The Bertz CT molecular complexity index is 1190. The maximum atomic E-state index is 14.4. The van der Waals surface area contributed by atoms with Gasteiger partial charge in [0.2, 0.25) is 0 Å². The van der Waals surface area contributed by atoms with Crippen molar-refractivity contribution in [3.63, 3.8) is 0 Å². The number of hydrogen-bond acceptors (Lipinski definition) is 5. The van der Waals surface area contributed by atoms with Gasteiger partial charge in [-0.05, 0) is 43.4 Å². The van der Waals surface area contributed by atoms with E-state index in [1.807, 2.05) is 6.07 Å². The molecule has 3 aromatic rings. The van der Waals surface area contributed by atoms with Crippen LogP contribution in [0.4, 0.5) is 15.8 Å². The maximum Gasteiger partial charge on any atom is 0.255 e. The van der Waals surface area contributed by atoms with Gasteiger partial charge in [-0.3, -0.25) is 9.78 Å². The van der Waals surface area contributed by atoms with Gasteiger partial charge in [0.15, 0.2) is 11.6 Å². The summed E-state index contributed by atoms with van der Waals surface area (Å²) in [6.07, 6.45) is 6.30. The Labute approximate surface area is 191 Å². The number of aromatic amines is 1. The van der Waals surface area contributed by atoms with Crippen molar-refractivity contribution in [3.8, 4) is 22.8 Å². The number of rotatable bonds is 3. The molecule has 7 nitrogen and oxygen atoms in total. The average molecular weight is 451 g/mol. The number of carbonyl (C=O) groups is 1. The van der Waals surface area contributed by atoms with Gasteiger partial charge in [0.05, 0.1) is 42.5 Å². The lowest BCUT2D eigenvalue weighted by atomic mass is 9.89. The van der Waals surface area contributed by atoms with Crippen LogP contribution in [0.2, 0.25) is 0 Å². The molecule has 172 valence electrons. The lowest BCUT2D eigenvalue weighted by Crippen LogP contribution is -2.35. The number of anilines is 2. The van der Waals surface area contributed by atoms with Crippen LogP contribution in [0.5, 0.6) is 11.5 Å². The summed E-state index contributed by atoms with van der Waals surface area (Å²) in [4.78, 5) is 20.9. The number of carbonyl (C=O) groups excluding carboxylic acids is 1. The first-order valence-electron chi connectivity index (χ1n) is 11.3. The van der Waals surface area contributed by atoms with Crippen LogP contribution >= 0.6 is 0 Å². The molecule has 2 aromatic heterocycles. The van der Waals surface area contributed by atoms with E-state index in [0.717, 1.165) is 30.5 Å². The predicted octanol–water partition coefficient (Wildman–Crippen LogP) is 4.99. The Morgan fingerprint density at radius 3 is 2.97 bits per heavy atom. The Kier molecular flexibility index (Phi) is 5.66. The van der Waals surface area contributed by atoms with Crippen LogP contribution in [0, 0.1) is 11.7 Å². The molecular weight excluding hydrogens is 423 g/mol. The van der Waals surface area contributed by atoms with Gasteiger partial charge >= 0.3 is 0 Å². The smallest absolute Gasteiger partial charge is 0.255 e. The molecule has 5 rings (SSSR count). The second kappa shape index (κ2) is 8.77. The highest BCUT2D eigenvalue weighted by atomic mass is 19.1. The van der Waals surface area contributed by atoms with E-state index in [1.165, 1.54) is 13.2 Å². The molecule has 0 fully saturated rings. The third kappa shape index (κ3) is 3.90. The number of hydrogen-bond donors (Lipinski definition) is 3. The first kappa shape index (κ1) is 21.3. The fraction of sp³-hybridized carbons (Fsp3) is 0.360. The number of amides is 1. The van der Waals surface area contributed by atoms with Crippen molar-refractivity contribution in [2.24, 2.45) is 5.92 Å². The molecule has 1 aromatic carbocycles. The highest BCUT2D eigenvalue weighted by molar-refractivity contribution is 6.07. The molecule has 2 unspecified atom stereocenters. The number of benzene rings is 1. The number of pyridine rings is 1. The lowest BCUT2D eigenvalue weighted by molar-refractivity contribution is 0.0939. The topological polar surface area (TPSA) is 88.3 Å². The molecule has 2 aliphatic heterocycles. The fourth-order valence-electron chi connectivity index (χ4n) is 4.69. The standard InChI is InChI=1S/C25H27FN4O3/c1-14-6-7-15-12-28-25(31)20-21(15)30-22(16-8-10-27-13-19(16)33-11-9-14)23(20)29-18-5-3-4-17(26)24(18)32-2/h3-5,8,10,13-15,29-30H,6-7,9,11-12H2,1-2H3,(H,28,31). The summed E-state index contributed by atoms with van der Waals surface area (Å²) >= 11 is 0. The minimum Gasteiger partial charge on any atom is -0.492 e. The summed E-state index contributed by atoms with van der Waals surface area (Å²) in [5.74, 6) is 0.729. The van der Waals surface area contributed by atoms with E-state index >= 15 is 0 Å². The zero-order valence-corrected chi connectivity index (χ0v) is 18.7. The highest BCUT2D eigenvalue weighted by Crippen LogP contribution is 2.44. The number of halogens is 1. The first-order chi connectivity index (χ1) is 16.1. The van der Waals surface area contributed by atoms with Crippen LogP contribution in [0.3, 0.4) is 0 Å². The Balaban J connectivity index is 1.72. The molecular formula is C25H27FN4O3. The van der Waals surface area contributed by atoms with Crippen LogP contribution in [0.15, 0.2) is 36.7 Å². The average Bonchev–Trinajstić information content (AvgIpc) is 3.18. The molecule has 8 heteroatoms. The van der Waals surface area contributed by atoms with Gasteiger partial charge in [-0.25, -0.2) is 4.39 Å². The molecule has 0 aliphatic carbocycles. The summed E-state index contributed by atoms with van der Waals surface area (Å²) in [6, 6.07) is 6.53. The minimum atomic E-state index is -0.483. The van der Waals surface area contributed by atoms with E-state index in [4.69, 9.17) is 9.47 Å². The van der Waals surface area contributed by atoms with Gasteiger partial charge in [-0.2, -0.15) is 0 Å². The molecule has 2 atom stereocenters. The minimum absolute atomic E-state index is 0.0871.